The number of esters is 1. The van der Waals surface area contributed by atoms with Gasteiger partial charge in [0.25, 0.3) is 0 Å². The van der Waals surface area contributed by atoms with Gasteiger partial charge in [-0.1, -0.05) is 58.4 Å². The highest BCUT2D eigenvalue weighted by Gasteiger charge is 2.35. The Kier molecular flexibility index (Phi) is 6.11. The molecule has 1 atom stereocenters. The van der Waals surface area contributed by atoms with Crippen LogP contribution in [0.3, 0.4) is 0 Å². The van der Waals surface area contributed by atoms with E-state index in [9.17, 15) is 4.79 Å². The number of para-hydroxylation sites is 2. The fourth-order valence-electron chi connectivity index (χ4n) is 6.56. The van der Waals surface area contributed by atoms with E-state index in [-0.39, 0.29) is 12.0 Å². The molecule has 0 radical (unpaired) electrons. The fourth-order valence-corrected chi connectivity index (χ4v) is 7.07. The molecular weight excluding hydrogens is 604 g/mol. The van der Waals surface area contributed by atoms with E-state index < -0.39 is 0 Å². The van der Waals surface area contributed by atoms with Gasteiger partial charge in [0.2, 0.25) is 0 Å². The molecule has 2 aromatic heterocycles. The van der Waals surface area contributed by atoms with Gasteiger partial charge >= 0.3 is 5.97 Å². The van der Waals surface area contributed by atoms with Gasteiger partial charge in [-0.15, -0.1) is 0 Å². The van der Waals surface area contributed by atoms with Crippen molar-refractivity contribution in [3.63, 3.8) is 0 Å². The topological polar surface area (TPSA) is 72.5 Å². The number of furan rings is 1. The molecule has 8 rings (SSSR count). The Balaban J connectivity index is 1.37. The Labute approximate surface area is 256 Å². The average Bonchev–Trinajstić information content (AvgIpc) is 3.77. The number of hydrogen-bond acceptors (Lipinski definition) is 6. The van der Waals surface area contributed by atoms with Crippen LogP contribution < -0.4 is 10.2 Å². The lowest BCUT2D eigenvalue weighted by Crippen LogP contribution is -2.16. The summed E-state index contributed by atoms with van der Waals surface area (Å²) in [6.45, 7) is 1.36. The van der Waals surface area contributed by atoms with Gasteiger partial charge in [-0.05, 0) is 66.1 Å². The second-order valence-corrected chi connectivity index (χ2v) is 11.7. The SMILES string of the molecule is COC(=O)c1ccc2c(c1)nc(-c1cccc3c1N1CCc4cccc(c41)C(c1ccccc1Br)N3)n2Cc1ccco1. The molecule has 0 bridgehead atoms. The van der Waals surface area contributed by atoms with Gasteiger partial charge in [0.1, 0.15) is 11.6 Å². The quantitative estimate of drug-likeness (QED) is 0.194. The summed E-state index contributed by atoms with van der Waals surface area (Å²) in [5.41, 5.74) is 10.2. The molecule has 0 spiro atoms. The van der Waals surface area contributed by atoms with Gasteiger partial charge in [-0.3, -0.25) is 0 Å². The summed E-state index contributed by atoms with van der Waals surface area (Å²) in [5.74, 6) is 1.24. The van der Waals surface area contributed by atoms with Crippen molar-refractivity contribution in [2.75, 3.05) is 23.9 Å². The van der Waals surface area contributed by atoms with E-state index in [4.69, 9.17) is 14.1 Å². The molecule has 1 unspecified atom stereocenters. The van der Waals surface area contributed by atoms with Crippen molar-refractivity contribution in [3.05, 3.63) is 130 Å². The molecule has 4 heterocycles. The minimum absolute atomic E-state index is 0.0489. The fraction of sp³-hybridized carbons (Fsp3) is 0.143. The highest BCUT2D eigenvalue weighted by atomic mass is 79.9. The van der Waals surface area contributed by atoms with Crippen LogP contribution in [0, 0.1) is 0 Å². The molecule has 0 amide bonds. The highest BCUT2D eigenvalue weighted by Crippen LogP contribution is 2.52. The third kappa shape index (κ3) is 4.16. The summed E-state index contributed by atoms with van der Waals surface area (Å²) in [7, 11) is 1.39. The van der Waals surface area contributed by atoms with Gasteiger partial charge < -0.3 is 23.9 Å². The van der Waals surface area contributed by atoms with Crippen LogP contribution in [0.2, 0.25) is 0 Å². The van der Waals surface area contributed by atoms with E-state index in [0.717, 1.165) is 57.0 Å². The van der Waals surface area contributed by atoms with Crippen molar-refractivity contribution >= 4 is 50.0 Å². The molecule has 0 saturated carbocycles. The average molecular weight is 632 g/mol. The van der Waals surface area contributed by atoms with Crippen LogP contribution in [-0.2, 0) is 17.7 Å². The highest BCUT2D eigenvalue weighted by molar-refractivity contribution is 9.10. The second-order valence-electron chi connectivity index (χ2n) is 10.9. The summed E-state index contributed by atoms with van der Waals surface area (Å²) in [4.78, 5) is 20.0. The van der Waals surface area contributed by atoms with Gasteiger partial charge in [0, 0.05) is 22.1 Å². The van der Waals surface area contributed by atoms with Crippen LogP contribution in [-0.4, -0.2) is 29.2 Å². The monoisotopic (exact) mass is 630 g/mol. The van der Waals surface area contributed by atoms with Crippen LogP contribution in [0.4, 0.5) is 17.1 Å². The number of nitrogens with zero attached hydrogens (tertiary/aromatic N) is 3. The first kappa shape index (κ1) is 25.9. The van der Waals surface area contributed by atoms with Crippen LogP contribution in [0.1, 0.15) is 38.9 Å². The number of carbonyl (C=O) groups excluding carboxylic acids is 1. The lowest BCUT2D eigenvalue weighted by atomic mass is 9.95. The Morgan fingerprint density at radius 3 is 2.70 bits per heavy atom. The molecule has 43 heavy (non-hydrogen) atoms. The zero-order valence-electron chi connectivity index (χ0n) is 23.4. The van der Waals surface area contributed by atoms with Crippen molar-refractivity contribution in [2.24, 2.45) is 0 Å². The standard InChI is InChI=1S/C35H27BrN4O3/c1-42-35(41)22-14-15-30-29(19-22)38-34(40(30)20-23-8-6-18-43-23)26-11-5-13-28-33(26)39-17-16-21-7-4-10-25(32(21)39)31(37-28)24-9-2-3-12-27(24)36/h2-15,18-19,31,37H,16-17,20H2,1H3. The van der Waals surface area contributed by atoms with Crippen molar-refractivity contribution < 1.29 is 13.9 Å². The van der Waals surface area contributed by atoms with Crippen molar-refractivity contribution in [1.82, 2.24) is 9.55 Å². The number of fused-ring (bicyclic) bond motifs is 3. The molecule has 4 aromatic carbocycles. The molecule has 1 N–H and O–H groups in total. The largest absolute Gasteiger partial charge is 0.467 e. The maximum Gasteiger partial charge on any atom is 0.337 e. The Morgan fingerprint density at radius 1 is 1.00 bits per heavy atom. The van der Waals surface area contributed by atoms with Crippen LogP contribution in [0.15, 0.2) is 106 Å². The number of imidazole rings is 1. The van der Waals surface area contributed by atoms with Gasteiger partial charge in [0.05, 0.1) is 59.6 Å². The molecule has 2 aliphatic heterocycles. The summed E-state index contributed by atoms with van der Waals surface area (Å²) in [5, 5.41) is 3.92. The number of carbonyl (C=O) groups is 1. The third-order valence-electron chi connectivity index (χ3n) is 8.46. The number of hydrogen-bond donors (Lipinski definition) is 1. The first-order valence-corrected chi connectivity index (χ1v) is 15.0. The first-order chi connectivity index (χ1) is 21.1. The number of benzene rings is 4. The molecule has 6 aromatic rings. The predicted octanol–water partition coefficient (Wildman–Crippen LogP) is 8.10. The van der Waals surface area contributed by atoms with Gasteiger partial charge in [-0.2, -0.15) is 0 Å². The second kappa shape index (κ2) is 10.2. The van der Waals surface area contributed by atoms with Gasteiger partial charge in [0.15, 0.2) is 0 Å². The Bertz CT molecular complexity index is 2030. The van der Waals surface area contributed by atoms with E-state index >= 15 is 0 Å². The number of aromatic nitrogens is 2. The first-order valence-electron chi connectivity index (χ1n) is 14.3. The summed E-state index contributed by atoms with van der Waals surface area (Å²) in [6.07, 6.45) is 2.65. The molecule has 7 nitrogen and oxygen atoms in total. The molecule has 2 aliphatic rings. The molecule has 212 valence electrons. The molecular formula is C35H27BrN4O3. The lowest BCUT2D eigenvalue weighted by Gasteiger charge is -2.24. The van der Waals surface area contributed by atoms with Crippen molar-refractivity contribution in [1.29, 1.82) is 0 Å². The number of halogens is 1. The maximum atomic E-state index is 12.4. The Morgan fingerprint density at radius 2 is 1.86 bits per heavy atom. The van der Waals surface area contributed by atoms with Crippen LogP contribution in [0.5, 0.6) is 0 Å². The van der Waals surface area contributed by atoms with Crippen molar-refractivity contribution in [2.45, 2.75) is 19.0 Å². The van der Waals surface area contributed by atoms with Crippen molar-refractivity contribution in [3.8, 4) is 11.4 Å². The van der Waals surface area contributed by atoms with E-state index in [2.05, 4.69) is 85.3 Å². The van der Waals surface area contributed by atoms with E-state index in [0.29, 0.717) is 12.1 Å². The summed E-state index contributed by atoms with van der Waals surface area (Å²) < 4.78 is 14.0. The predicted molar refractivity (Wildman–Crippen MR) is 171 cm³/mol. The number of nitrogens with one attached hydrogen (secondary N) is 1. The minimum atomic E-state index is -0.388. The van der Waals surface area contributed by atoms with Crippen LogP contribution in [0.25, 0.3) is 22.4 Å². The van der Waals surface area contributed by atoms with Crippen LogP contribution >= 0.6 is 15.9 Å². The number of rotatable bonds is 5. The molecule has 8 heteroatoms. The van der Waals surface area contributed by atoms with E-state index in [1.807, 2.05) is 24.3 Å². The Hall–Kier alpha value is -4.82. The summed E-state index contributed by atoms with van der Waals surface area (Å²) >= 11 is 3.82. The smallest absolute Gasteiger partial charge is 0.337 e. The molecule has 0 aliphatic carbocycles. The number of ether oxygens (including phenoxy) is 1. The minimum Gasteiger partial charge on any atom is -0.467 e. The van der Waals surface area contributed by atoms with E-state index in [1.54, 1.807) is 18.4 Å². The molecule has 0 saturated heterocycles. The third-order valence-corrected chi connectivity index (χ3v) is 9.18. The molecule has 0 fully saturated rings. The zero-order chi connectivity index (χ0) is 29.1. The van der Waals surface area contributed by atoms with Gasteiger partial charge in [-0.25, -0.2) is 9.78 Å². The number of anilines is 3. The normalized spacial score (nSPS) is 15.1. The number of methoxy groups -OCH3 is 1. The summed E-state index contributed by atoms with van der Waals surface area (Å²) in [6, 6.07) is 30.8. The maximum absolute atomic E-state index is 12.4. The lowest BCUT2D eigenvalue weighted by molar-refractivity contribution is 0.0601. The zero-order valence-corrected chi connectivity index (χ0v) is 25.0. The van der Waals surface area contributed by atoms with E-state index in [1.165, 1.54) is 29.5 Å².